The predicted octanol–water partition coefficient (Wildman–Crippen LogP) is 3.61. The van der Waals surface area contributed by atoms with Gasteiger partial charge in [-0.1, -0.05) is 18.2 Å². The van der Waals surface area contributed by atoms with E-state index >= 15 is 0 Å². The molecular weight excluding hydrogens is 262 g/mol. The Labute approximate surface area is 126 Å². The van der Waals surface area contributed by atoms with Crippen LogP contribution in [-0.2, 0) is 13.1 Å². The summed E-state index contributed by atoms with van der Waals surface area (Å²) in [6.45, 7) is 5.88. The minimum atomic E-state index is 0.842. The summed E-state index contributed by atoms with van der Waals surface area (Å²) in [7, 11) is 3.39. The first-order valence-corrected chi connectivity index (χ1v) is 7.12. The summed E-state index contributed by atoms with van der Waals surface area (Å²) in [4.78, 5) is 0. The van der Waals surface area contributed by atoms with Gasteiger partial charge in [-0.15, -0.1) is 0 Å². The lowest BCUT2D eigenvalue weighted by Gasteiger charge is -2.12. The minimum Gasteiger partial charge on any atom is -0.497 e. The normalized spacial score (nSPS) is 10.5. The zero-order valence-corrected chi connectivity index (χ0v) is 13.2. The number of nitrogens with one attached hydrogen (secondary N) is 1. The van der Waals surface area contributed by atoms with Crippen LogP contribution in [0, 0.1) is 13.8 Å². The summed E-state index contributed by atoms with van der Waals surface area (Å²) < 4.78 is 10.5. The monoisotopic (exact) mass is 285 g/mol. The van der Waals surface area contributed by atoms with E-state index in [9.17, 15) is 0 Å². The van der Waals surface area contributed by atoms with E-state index in [1.54, 1.807) is 14.2 Å². The SMILES string of the molecule is COc1ccc(CNCc2cc(C)c(OC)cc2C)cc1. The highest BCUT2D eigenvalue weighted by molar-refractivity contribution is 5.41. The number of benzene rings is 2. The Hall–Kier alpha value is -2.00. The molecule has 0 unspecified atom stereocenters. The Morgan fingerprint density at radius 2 is 1.57 bits per heavy atom. The molecule has 0 atom stereocenters. The van der Waals surface area contributed by atoms with E-state index in [0.29, 0.717) is 0 Å². The van der Waals surface area contributed by atoms with Crippen molar-refractivity contribution in [1.29, 1.82) is 0 Å². The zero-order chi connectivity index (χ0) is 15.2. The lowest BCUT2D eigenvalue weighted by molar-refractivity contribution is 0.411. The predicted molar refractivity (Wildman–Crippen MR) is 86.0 cm³/mol. The van der Waals surface area contributed by atoms with Crippen molar-refractivity contribution in [2.24, 2.45) is 0 Å². The molecule has 0 bridgehead atoms. The van der Waals surface area contributed by atoms with E-state index in [1.807, 2.05) is 12.1 Å². The highest BCUT2D eigenvalue weighted by Crippen LogP contribution is 2.22. The topological polar surface area (TPSA) is 30.5 Å². The highest BCUT2D eigenvalue weighted by atomic mass is 16.5. The average molecular weight is 285 g/mol. The number of rotatable bonds is 6. The number of hydrogen-bond acceptors (Lipinski definition) is 3. The van der Waals surface area contributed by atoms with Gasteiger partial charge in [-0.05, 0) is 54.3 Å². The molecule has 2 rings (SSSR count). The minimum absolute atomic E-state index is 0.842. The molecule has 2 aromatic carbocycles. The molecule has 0 radical (unpaired) electrons. The van der Waals surface area contributed by atoms with Crippen LogP contribution in [0.1, 0.15) is 22.3 Å². The molecule has 0 fully saturated rings. The molecule has 0 aromatic heterocycles. The van der Waals surface area contributed by atoms with Gasteiger partial charge in [-0.2, -0.15) is 0 Å². The van der Waals surface area contributed by atoms with Crippen LogP contribution in [0.3, 0.4) is 0 Å². The molecule has 0 aliphatic carbocycles. The van der Waals surface area contributed by atoms with Crippen LogP contribution in [0.2, 0.25) is 0 Å². The van der Waals surface area contributed by atoms with Crippen molar-refractivity contribution in [3.8, 4) is 11.5 Å². The Kier molecular flexibility index (Phi) is 5.23. The Morgan fingerprint density at radius 3 is 2.19 bits per heavy atom. The number of hydrogen-bond donors (Lipinski definition) is 1. The summed E-state index contributed by atoms with van der Waals surface area (Å²) in [6.07, 6.45) is 0. The van der Waals surface area contributed by atoms with Crippen molar-refractivity contribution >= 4 is 0 Å². The molecule has 0 spiro atoms. The summed E-state index contributed by atoms with van der Waals surface area (Å²) in [6, 6.07) is 12.4. The second kappa shape index (κ2) is 7.14. The Bertz CT molecular complexity index is 591. The largest absolute Gasteiger partial charge is 0.497 e. The fourth-order valence-corrected chi connectivity index (χ4v) is 2.34. The molecule has 2 aromatic rings. The fourth-order valence-electron chi connectivity index (χ4n) is 2.34. The fraction of sp³-hybridized carbons (Fsp3) is 0.333. The molecule has 3 nitrogen and oxygen atoms in total. The van der Waals surface area contributed by atoms with E-state index < -0.39 is 0 Å². The third-order valence-corrected chi connectivity index (χ3v) is 3.66. The van der Waals surface area contributed by atoms with Gasteiger partial charge in [0.1, 0.15) is 11.5 Å². The van der Waals surface area contributed by atoms with Crippen molar-refractivity contribution in [2.45, 2.75) is 26.9 Å². The van der Waals surface area contributed by atoms with Gasteiger partial charge in [0.05, 0.1) is 14.2 Å². The highest BCUT2D eigenvalue weighted by Gasteiger charge is 2.04. The molecule has 0 saturated carbocycles. The van der Waals surface area contributed by atoms with Gasteiger partial charge in [0, 0.05) is 13.1 Å². The van der Waals surface area contributed by atoms with Gasteiger partial charge in [0.2, 0.25) is 0 Å². The third kappa shape index (κ3) is 3.99. The molecule has 0 heterocycles. The molecule has 21 heavy (non-hydrogen) atoms. The van der Waals surface area contributed by atoms with Crippen molar-refractivity contribution < 1.29 is 9.47 Å². The molecular formula is C18H23NO2. The van der Waals surface area contributed by atoms with Crippen LogP contribution >= 0.6 is 0 Å². The molecule has 3 heteroatoms. The summed E-state index contributed by atoms with van der Waals surface area (Å²) in [5, 5.41) is 3.48. The quantitative estimate of drug-likeness (QED) is 0.879. The van der Waals surface area contributed by atoms with Crippen LogP contribution < -0.4 is 14.8 Å². The Balaban J connectivity index is 1.95. The molecule has 0 amide bonds. The van der Waals surface area contributed by atoms with Crippen LogP contribution in [0.15, 0.2) is 36.4 Å². The first-order valence-electron chi connectivity index (χ1n) is 7.12. The van der Waals surface area contributed by atoms with Gasteiger partial charge in [0.25, 0.3) is 0 Å². The van der Waals surface area contributed by atoms with Gasteiger partial charge in [-0.3, -0.25) is 0 Å². The summed E-state index contributed by atoms with van der Waals surface area (Å²) in [5.74, 6) is 1.84. The van der Waals surface area contributed by atoms with E-state index in [1.165, 1.54) is 22.3 Å². The average Bonchev–Trinajstić information content (AvgIpc) is 2.51. The second-order valence-corrected chi connectivity index (χ2v) is 5.20. The van der Waals surface area contributed by atoms with Crippen molar-refractivity contribution in [3.63, 3.8) is 0 Å². The van der Waals surface area contributed by atoms with Gasteiger partial charge in [-0.25, -0.2) is 0 Å². The van der Waals surface area contributed by atoms with Crippen LogP contribution in [0.5, 0.6) is 11.5 Å². The van der Waals surface area contributed by atoms with E-state index in [-0.39, 0.29) is 0 Å². The Morgan fingerprint density at radius 1 is 0.857 bits per heavy atom. The molecule has 0 aliphatic rings. The lowest BCUT2D eigenvalue weighted by atomic mass is 10.0. The molecule has 1 N–H and O–H groups in total. The molecule has 0 aliphatic heterocycles. The van der Waals surface area contributed by atoms with Crippen molar-refractivity contribution in [3.05, 3.63) is 58.7 Å². The smallest absolute Gasteiger partial charge is 0.122 e. The zero-order valence-electron chi connectivity index (χ0n) is 13.2. The van der Waals surface area contributed by atoms with Crippen LogP contribution in [-0.4, -0.2) is 14.2 Å². The first kappa shape index (κ1) is 15.4. The molecule has 0 saturated heterocycles. The maximum absolute atomic E-state index is 5.34. The van der Waals surface area contributed by atoms with Crippen LogP contribution in [0.4, 0.5) is 0 Å². The van der Waals surface area contributed by atoms with Crippen molar-refractivity contribution in [2.75, 3.05) is 14.2 Å². The van der Waals surface area contributed by atoms with Gasteiger partial charge in [0.15, 0.2) is 0 Å². The number of ether oxygens (including phenoxy) is 2. The number of methoxy groups -OCH3 is 2. The maximum atomic E-state index is 5.34. The van der Waals surface area contributed by atoms with Gasteiger partial charge < -0.3 is 14.8 Å². The summed E-state index contributed by atoms with van der Waals surface area (Å²) >= 11 is 0. The van der Waals surface area contributed by atoms with Gasteiger partial charge >= 0.3 is 0 Å². The van der Waals surface area contributed by atoms with E-state index in [4.69, 9.17) is 9.47 Å². The maximum Gasteiger partial charge on any atom is 0.122 e. The second-order valence-electron chi connectivity index (χ2n) is 5.20. The van der Waals surface area contributed by atoms with E-state index in [0.717, 1.165) is 24.6 Å². The third-order valence-electron chi connectivity index (χ3n) is 3.66. The number of aryl methyl sites for hydroxylation is 2. The summed E-state index contributed by atoms with van der Waals surface area (Å²) in [5.41, 5.74) is 4.98. The first-order chi connectivity index (χ1) is 10.1. The molecule has 112 valence electrons. The lowest BCUT2D eigenvalue weighted by Crippen LogP contribution is -2.13. The van der Waals surface area contributed by atoms with Crippen LogP contribution in [0.25, 0.3) is 0 Å². The van der Waals surface area contributed by atoms with Crippen molar-refractivity contribution in [1.82, 2.24) is 5.32 Å². The van der Waals surface area contributed by atoms with E-state index in [2.05, 4.69) is 43.4 Å². The standard InChI is InChI=1S/C18H23NO2/c1-13-10-18(21-4)14(2)9-16(13)12-19-11-15-5-7-17(20-3)8-6-15/h5-10,19H,11-12H2,1-4H3.